The van der Waals surface area contributed by atoms with Crippen molar-refractivity contribution in [3.63, 3.8) is 0 Å². The first-order chi connectivity index (χ1) is 12.7. The van der Waals surface area contributed by atoms with Crippen LogP contribution in [0.4, 0.5) is 0 Å². The van der Waals surface area contributed by atoms with E-state index in [1.807, 2.05) is 36.4 Å². The van der Waals surface area contributed by atoms with Crippen molar-refractivity contribution in [1.82, 2.24) is 25.5 Å². The first-order valence-electron chi connectivity index (χ1n) is 8.01. The van der Waals surface area contributed by atoms with E-state index < -0.39 is 0 Å². The highest BCUT2D eigenvalue weighted by Gasteiger charge is 2.11. The third-order valence-electron chi connectivity index (χ3n) is 3.79. The third kappa shape index (κ3) is 3.97. The molecule has 8 nitrogen and oxygen atoms in total. The Labute approximate surface area is 150 Å². The second-order valence-corrected chi connectivity index (χ2v) is 5.49. The molecule has 0 saturated carbocycles. The van der Waals surface area contributed by atoms with Gasteiger partial charge in [0.2, 0.25) is 5.91 Å². The molecular formula is C18H19N5O3. The molecule has 3 rings (SSSR count). The molecule has 1 aromatic heterocycles. The van der Waals surface area contributed by atoms with Crippen molar-refractivity contribution in [2.45, 2.75) is 13.0 Å². The van der Waals surface area contributed by atoms with Gasteiger partial charge in [-0.1, -0.05) is 24.3 Å². The summed E-state index contributed by atoms with van der Waals surface area (Å²) >= 11 is 0. The van der Waals surface area contributed by atoms with E-state index in [9.17, 15) is 4.79 Å². The molecule has 0 aliphatic rings. The van der Waals surface area contributed by atoms with Crippen molar-refractivity contribution in [3.05, 3.63) is 59.9 Å². The minimum Gasteiger partial charge on any atom is -0.493 e. The van der Waals surface area contributed by atoms with Crippen LogP contribution in [0, 0.1) is 0 Å². The Morgan fingerprint density at radius 1 is 1.08 bits per heavy atom. The van der Waals surface area contributed by atoms with Gasteiger partial charge < -0.3 is 14.8 Å². The van der Waals surface area contributed by atoms with Crippen molar-refractivity contribution < 1.29 is 14.3 Å². The number of hydrogen-bond acceptors (Lipinski definition) is 6. The number of rotatable bonds is 7. The first-order valence-corrected chi connectivity index (χ1v) is 8.01. The SMILES string of the molecule is COc1ccc(CC(=O)NCc2nnnn2-c2ccccc2)cc1OC. The van der Waals surface area contributed by atoms with Crippen molar-refractivity contribution in [2.24, 2.45) is 0 Å². The number of methoxy groups -OCH3 is 2. The second-order valence-electron chi connectivity index (χ2n) is 5.49. The zero-order chi connectivity index (χ0) is 18.4. The molecule has 3 aromatic rings. The molecular weight excluding hydrogens is 334 g/mol. The van der Waals surface area contributed by atoms with Gasteiger partial charge in [-0.15, -0.1) is 5.10 Å². The topological polar surface area (TPSA) is 91.2 Å². The van der Waals surface area contributed by atoms with Gasteiger partial charge in [-0.2, -0.15) is 4.68 Å². The molecule has 0 aliphatic carbocycles. The van der Waals surface area contributed by atoms with Crippen LogP contribution < -0.4 is 14.8 Å². The quantitative estimate of drug-likeness (QED) is 0.693. The van der Waals surface area contributed by atoms with E-state index in [0.717, 1.165) is 11.3 Å². The van der Waals surface area contributed by atoms with Gasteiger partial charge in [0.25, 0.3) is 0 Å². The molecule has 0 radical (unpaired) electrons. The summed E-state index contributed by atoms with van der Waals surface area (Å²) in [5.41, 5.74) is 1.66. The molecule has 1 heterocycles. The van der Waals surface area contributed by atoms with Crippen molar-refractivity contribution in [1.29, 1.82) is 0 Å². The number of tetrazole rings is 1. The molecule has 0 aliphatic heterocycles. The number of benzene rings is 2. The van der Waals surface area contributed by atoms with Crippen molar-refractivity contribution in [3.8, 4) is 17.2 Å². The molecule has 8 heteroatoms. The average Bonchev–Trinajstić information content (AvgIpc) is 3.15. The van der Waals surface area contributed by atoms with Crippen LogP contribution in [0.15, 0.2) is 48.5 Å². The summed E-state index contributed by atoms with van der Waals surface area (Å²) in [4.78, 5) is 12.2. The van der Waals surface area contributed by atoms with Crippen molar-refractivity contribution >= 4 is 5.91 Å². The summed E-state index contributed by atoms with van der Waals surface area (Å²) in [6.07, 6.45) is 0.216. The number of para-hydroxylation sites is 1. The summed E-state index contributed by atoms with van der Waals surface area (Å²) < 4.78 is 12.0. The summed E-state index contributed by atoms with van der Waals surface area (Å²) in [5.74, 6) is 1.63. The fraction of sp³-hybridized carbons (Fsp3) is 0.222. The van der Waals surface area contributed by atoms with Crippen LogP contribution in [-0.2, 0) is 17.8 Å². The summed E-state index contributed by atoms with van der Waals surface area (Å²) in [7, 11) is 3.13. The van der Waals surface area contributed by atoms with Gasteiger partial charge >= 0.3 is 0 Å². The van der Waals surface area contributed by atoms with E-state index in [1.54, 1.807) is 31.0 Å². The zero-order valence-electron chi connectivity index (χ0n) is 14.5. The summed E-state index contributed by atoms with van der Waals surface area (Å²) in [6.45, 7) is 0.230. The molecule has 1 N–H and O–H groups in total. The molecule has 0 unspecified atom stereocenters. The van der Waals surface area contributed by atoms with Crippen LogP contribution in [0.25, 0.3) is 5.69 Å². The molecule has 0 fully saturated rings. The Bertz CT molecular complexity index is 880. The van der Waals surface area contributed by atoms with Gasteiger partial charge in [0.05, 0.1) is 32.9 Å². The Hall–Kier alpha value is -3.42. The first kappa shape index (κ1) is 17.4. The number of aromatic nitrogens is 4. The molecule has 2 aromatic carbocycles. The van der Waals surface area contributed by atoms with Crippen LogP contribution >= 0.6 is 0 Å². The Balaban J connectivity index is 1.63. The largest absolute Gasteiger partial charge is 0.493 e. The van der Waals surface area contributed by atoms with Crippen LogP contribution in [0.2, 0.25) is 0 Å². The van der Waals surface area contributed by atoms with Gasteiger partial charge in [0, 0.05) is 0 Å². The number of carbonyl (C=O) groups is 1. The van der Waals surface area contributed by atoms with E-state index in [4.69, 9.17) is 9.47 Å². The highest BCUT2D eigenvalue weighted by Crippen LogP contribution is 2.27. The van der Waals surface area contributed by atoms with Gasteiger partial charge in [-0.3, -0.25) is 4.79 Å². The fourth-order valence-electron chi connectivity index (χ4n) is 2.50. The number of hydrogen-bond donors (Lipinski definition) is 1. The van der Waals surface area contributed by atoms with E-state index in [-0.39, 0.29) is 18.9 Å². The van der Waals surface area contributed by atoms with Gasteiger partial charge in [-0.05, 0) is 40.3 Å². The van der Waals surface area contributed by atoms with Crippen LogP contribution in [0.1, 0.15) is 11.4 Å². The summed E-state index contributed by atoms with van der Waals surface area (Å²) in [5, 5.41) is 14.5. The lowest BCUT2D eigenvalue weighted by Gasteiger charge is -2.10. The Morgan fingerprint density at radius 2 is 1.85 bits per heavy atom. The lowest BCUT2D eigenvalue weighted by Crippen LogP contribution is -2.26. The lowest BCUT2D eigenvalue weighted by atomic mass is 10.1. The second kappa shape index (κ2) is 8.11. The van der Waals surface area contributed by atoms with E-state index in [2.05, 4.69) is 20.8 Å². The molecule has 0 saturated heterocycles. The molecule has 134 valence electrons. The molecule has 0 bridgehead atoms. The van der Waals surface area contributed by atoms with Crippen LogP contribution in [0.3, 0.4) is 0 Å². The highest BCUT2D eigenvalue weighted by molar-refractivity contribution is 5.78. The number of ether oxygens (including phenoxy) is 2. The molecule has 0 atom stereocenters. The monoisotopic (exact) mass is 353 g/mol. The average molecular weight is 353 g/mol. The Morgan fingerprint density at radius 3 is 2.58 bits per heavy atom. The van der Waals surface area contributed by atoms with E-state index in [0.29, 0.717) is 17.3 Å². The highest BCUT2D eigenvalue weighted by atomic mass is 16.5. The fourth-order valence-corrected chi connectivity index (χ4v) is 2.50. The maximum atomic E-state index is 12.2. The smallest absolute Gasteiger partial charge is 0.224 e. The minimum atomic E-state index is -0.139. The number of amides is 1. The maximum absolute atomic E-state index is 12.2. The van der Waals surface area contributed by atoms with Crippen LogP contribution in [-0.4, -0.2) is 40.3 Å². The number of nitrogens with zero attached hydrogens (tertiary/aromatic N) is 4. The summed E-state index contributed by atoms with van der Waals surface area (Å²) in [6, 6.07) is 14.9. The molecule has 1 amide bonds. The number of nitrogens with one attached hydrogen (secondary N) is 1. The van der Waals surface area contributed by atoms with Gasteiger partial charge in [-0.25, -0.2) is 0 Å². The predicted octanol–water partition coefficient (Wildman–Crippen LogP) is 1.54. The van der Waals surface area contributed by atoms with Gasteiger partial charge in [0.15, 0.2) is 17.3 Å². The maximum Gasteiger partial charge on any atom is 0.224 e. The zero-order valence-corrected chi connectivity index (χ0v) is 14.5. The lowest BCUT2D eigenvalue weighted by molar-refractivity contribution is -0.120. The van der Waals surface area contributed by atoms with Crippen molar-refractivity contribution in [2.75, 3.05) is 14.2 Å². The van der Waals surface area contributed by atoms with Crippen LogP contribution in [0.5, 0.6) is 11.5 Å². The van der Waals surface area contributed by atoms with E-state index in [1.165, 1.54) is 0 Å². The van der Waals surface area contributed by atoms with Gasteiger partial charge in [0.1, 0.15) is 0 Å². The standard InChI is InChI=1S/C18H19N5O3/c1-25-15-9-8-13(10-16(15)26-2)11-18(24)19-12-17-20-21-22-23(17)14-6-4-3-5-7-14/h3-10H,11-12H2,1-2H3,(H,19,24). The molecule has 26 heavy (non-hydrogen) atoms. The predicted molar refractivity (Wildman–Crippen MR) is 94.3 cm³/mol. The third-order valence-corrected chi connectivity index (χ3v) is 3.79. The molecule has 0 spiro atoms. The minimum absolute atomic E-state index is 0.139. The Kier molecular flexibility index (Phi) is 5.43. The number of carbonyl (C=O) groups excluding carboxylic acids is 1. The normalized spacial score (nSPS) is 10.4. The van der Waals surface area contributed by atoms with E-state index >= 15 is 0 Å².